The van der Waals surface area contributed by atoms with Crippen molar-refractivity contribution in [3.05, 3.63) is 54.1 Å². The molecule has 1 aliphatic rings. The van der Waals surface area contributed by atoms with Crippen molar-refractivity contribution in [2.75, 3.05) is 28.6 Å². The normalized spacial score (nSPS) is 13.9. The molecule has 1 saturated heterocycles. The van der Waals surface area contributed by atoms with Crippen LogP contribution in [0.5, 0.6) is 0 Å². The van der Waals surface area contributed by atoms with Gasteiger partial charge in [-0.3, -0.25) is 4.79 Å². The maximum atomic E-state index is 12.5. The van der Waals surface area contributed by atoms with Crippen LogP contribution in [0.15, 0.2) is 48.5 Å². The van der Waals surface area contributed by atoms with E-state index in [0.29, 0.717) is 11.3 Å². The molecule has 0 unspecified atom stereocenters. The van der Waals surface area contributed by atoms with Crippen LogP contribution in [0.3, 0.4) is 0 Å². The van der Waals surface area contributed by atoms with Gasteiger partial charge in [-0.1, -0.05) is 0 Å². The number of benzene rings is 2. The Morgan fingerprint density at radius 1 is 0.821 bits per heavy atom. The van der Waals surface area contributed by atoms with E-state index >= 15 is 0 Å². The highest BCUT2D eigenvalue weighted by Gasteiger charge is 2.11. The Bertz CT molecular complexity index is 794. The summed E-state index contributed by atoms with van der Waals surface area (Å²) in [5.74, 6) is -0.177. The van der Waals surface area contributed by atoms with Crippen LogP contribution in [0.2, 0.25) is 0 Å². The van der Waals surface area contributed by atoms with E-state index in [9.17, 15) is 9.59 Å². The molecule has 0 radical (unpaired) electrons. The lowest BCUT2D eigenvalue weighted by Crippen LogP contribution is -2.34. The molecular formula is C22H28N4O2. The first-order valence-electron chi connectivity index (χ1n) is 9.85. The number of hydrogen-bond donors (Lipinski definition) is 3. The van der Waals surface area contributed by atoms with Gasteiger partial charge in [0.25, 0.3) is 5.91 Å². The van der Waals surface area contributed by atoms with Gasteiger partial charge in [-0.05, 0) is 81.6 Å². The number of hydrogen-bond acceptors (Lipinski definition) is 3. The number of nitrogens with zero attached hydrogens (tertiary/aromatic N) is 1. The maximum Gasteiger partial charge on any atom is 0.319 e. The van der Waals surface area contributed by atoms with Gasteiger partial charge < -0.3 is 20.9 Å². The first-order valence-corrected chi connectivity index (χ1v) is 9.85. The highest BCUT2D eigenvalue weighted by molar-refractivity contribution is 6.04. The minimum absolute atomic E-state index is 0.0614. The highest BCUT2D eigenvalue weighted by atomic mass is 16.2. The molecule has 1 heterocycles. The van der Waals surface area contributed by atoms with Crippen LogP contribution in [0.4, 0.5) is 21.9 Å². The molecule has 0 aliphatic carbocycles. The second-order valence-electron chi connectivity index (χ2n) is 7.38. The molecule has 2 aromatic carbocycles. The molecule has 3 N–H and O–H groups in total. The zero-order valence-corrected chi connectivity index (χ0v) is 16.5. The molecular weight excluding hydrogens is 352 g/mol. The molecule has 2 aromatic rings. The van der Waals surface area contributed by atoms with E-state index in [2.05, 4.69) is 33.0 Å². The summed E-state index contributed by atoms with van der Waals surface area (Å²) >= 11 is 0. The summed E-state index contributed by atoms with van der Waals surface area (Å²) < 4.78 is 0. The minimum Gasteiger partial charge on any atom is -0.372 e. The van der Waals surface area contributed by atoms with Gasteiger partial charge in [-0.25, -0.2) is 4.79 Å². The number of nitrogens with one attached hydrogen (secondary N) is 3. The summed E-state index contributed by atoms with van der Waals surface area (Å²) in [6.07, 6.45) is 3.78. The summed E-state index contributed by atoms with van der Waals surface area (Å²) in [5.41, 5.74) is 3.15. The zero-order valence-electron chi connectivity index (χ0n) is 16.5. The van der Waals surface area contributed by atoms with Crippen LogP contribution < -0.4 is 20.9 Å². The van der Waals surface area contributed by atoms with Gasteiger partial charge in [0.2, 0.25) is 0 Å². The standard InChI is InChI=1S/C22H28N4O2/c1-16(2)23-22(28)25-19-8-6-17(7-9-19)21(27)24-18-10-12-20(13-11-18)26-14-4-3-5-15-26/h6-13,16H,3-5,14-15H2,1-2H3,(H,24,27)(H2,23,25,28). The smallest absolute Gasteiger partial charge is 0.319 e. The van der Waals surface area contributed by atoms with Gasteiger partial charge in [0.15, 0.2) is 0 Å². The molecule has 1 aliphatic heterocycles. The van der Waals surface area contributed by atoms with Crippen LogP contribution in [-0.4, -0.2) is 31.1 Å². The van der Waals surface area contributed by atoms with Crippen LogP contribution in [-0.2, 0) is 0 Å². The molecule has 1 fully saturated rings. The van der Waals surface area contributed by atoms with Gasteiger partial charge >= 0.3 is 6.03 Å². The topological polar surface area (TPSA) is 73.5 Å². The average Bonchev–Trinajstić information content (AvgIpc) is 2.69. The molecule has 6 heteroatoms. The molecule has 148 valence electrons. The quantitative estimate of drug-likeness (QED) is 0.717. The number of anilines is 3. The van der Waals surface area contributed by atoms with Crippen LogP contribution >= 0.6 is 0 Å². The predicted octanol–water partition coefficient (Wildman–Crippen LogP) is 4.46. The number of piperidine rings is 1. The molecule has 0 aromatic heterocycles. The summed E-state index contributed by atoms with van der Waals surface area (Å²) in [5, 5.41) is 8.41. The highest BCUT2D eigenvalue weighted by Crippen LogP contribution is 2.22. The number of urea groups is 1. The Morgan fingerprint density at radius 3 is 2.00 bits per heavy atom. The fourth-order valence-electron chi connectivity index (χ4n) is 3.25. The Kier molecular flexibility index (Phi) is 6.53. The second-order valence-corrected chi connectivity index (χ2v) is 7.38. The third-order valence-electron chi connectivity index (χ3n) is 4.67. The fraction of sp³-hybridized carbons (Fsp3) is 0.364. The van der Waals surface area contributed by atoms with E-state index in [1.165, 1.54) is 24.9 Å². The Labute approximate surface area is 166 Å². The van der Waals surface area contributed by atoms with Crippen molar-refractivity contribution in [3.63, 3.8) is 0 Å². The first-order chi connectivity index (χ1) is 13.5. The Balaban J connectivity index is 1.56. The van der Waals surface area contributed by atoms with Crippen LogP contribution in [0.1, 0.15) is 43.5 Å². The van der Waals surface area contributed by atoms with E-state index in [0.717, 1.165) is 18.8 Å². The van der Waals surface area contributed by atoms with Gasteiger partial charge in [0.1, 0.15) is 0 Å². The summed E-state index contributed by atoms with van der Waals surface area (Å²) in [4.78, 5) is 26.6. The van der Waals surface area contributed by atoms with Crippen molar-refractivity contribution < 1.29 is 9.59 Å². The van der Waals surface area contributed by atoms with E-state index in [4.69, 9.17) is 0 Å². The largest absolute Gasteiger partial charge is 0.372 e. The summed E-state index contributed by atoms with van der Waals surface area (Å²) in [7, 11) is 0. The van der Waals surface area contributed by atoms with Crippen molar-refractivity contribution in [2.45, 2.75) is 39.2 Å². The number of carbonyl (C=O) groups excluding carboxylic acids is 2. The van der Waals surface area contributed by atoms with Crippen molar-refractivity contribution in [1.29, 1.82) is 0 Å². The number of carbonyl (C=O) groups is 2. The fourth-order valence-corrected chi connectivity index (χ4v) is 3.25. The zero-order chi connectivity index (χ0) is 19.9. The molecule has 0 saturated carbocycles. The van der Waals surface area contributed by atoms with Crippen molar-refractivity contribution >= 4 is 29.0 Å². The SMILES string of the molecule is CC(C)NC(=O)Nc1ccc(C(=O)Nc2ccc(N3CCCCC3)cc2)cc1. The Hall–Kier alpha value is -3.02. The average molecular weight is 380 g/mol. The van der Waals surface area contributed by atoms with E-state index in [1.807, 2.05) is 26.0 Å². The predicted molar refractivity (Wildman–Crippen MR) is 114 cm³/mol. The van der Waals surface area contributed by atoms with E-state index in [1.54, 1.807) is 24.3 Å². The molecule has 3 rings (SSSR count). The van der Waals surface area contributed by atoms with Gasteiger partial charge in [0, 0.05) is 41.8 Å². The van der Waals surface area contributed by atoms with Crippen LogP contribution in [0, 0.1) is 0 Å². The lowest BCUT2D eigenvalue weighted by molar-refractivity contribution is 0.102. The number of rotatable bonds is 5. The summed E-state index contributed by atoms with van der Waals surface area (Å²) in [6.45, 7) is 5.99. The second kappa shape index (κ2) is 9.26. The van der Waals surface area contributed by atoms with Gasteiger partial charge in [-0.15, -0.1) is 0 Å². The third kappa shape index (κ3) is 5.49. The van der Waals surface area contributed by atoms with Crippen molar-refractivity contribution in [1.82, 2.24) is 5.32 Å². The minimum atomic E-state index is -0.263. The molecule has 0 spiro atoms. The third-order valence-corrected chi connectivity index (χ3v) is 4.67. The monoisotopic (exact) mass is 380 g/mol. The van der Waals surface area contributed by atoms with E-state index in [-0.39, 0.29) is 18.0 Å². The summed E-state index contributed by atoms with van der Waals surface area (Å²) in [6, 6.07) is 14.6. The molecule has 0 atom stereocenters. The lowest BCUT2D eigenvalue weighted by atomic mass is 10.1. The molecule has 28 heavy (non-hydrogen) atoms. The molecule has 0 bridgehead atoms. The van der Waals surface area contributed by atoms with Gasteiger partial charge in [-0.2, -0.15) is 0 Å². The van der Waals surface area contributed by atoms with Crippen LogP contribution in [0.25, 0.3) is 0 Å². The Morgan fingerprint density at radius 2 is 1.39 bits per heavy atom. The lowest BCUT2D eigenvalue weighted by Gasteiger charge is -2.28. The first kappa shape index (κ1) is 19.7. The number of amides is 3. The molecule has 3 amide bonds. The van der Waals surface area contributed by atoms with Gasteiger partial charge in [0.05, 0.1) is 0 Å². The van der Waals surface area contributed by atoms with Crippen molar-refractivity contribution in [3.8, 4) is 0 Å². The molecule has 6 nitrogen and oxygen atoms in total. The van der Waals surface area contributed by atoms with E-state index < -0.39 is 0 Å². The van der Waals surface area contributed by atoms with Crippen molar-refractivity contribution in [2.24, 2.45) is 0 Å². The maximum absolute atomic E-state index is 12.5.